The lowest BCUT2D eigenvalue weighted by Gasteiger charge is -2.35. The van der Waals surface area contributed by atoms with Crippen molar-refractivity contribution in [3.05, 3.63) is 258 Å². The zero-order chi connectivity index (χ0) is 44.8. The van der Waals surface area contributed by atoms with Crippen LogP contribution in [0.25, 0.3) is 66.1 Å². The minimum atomic E-state index is -0.528. The minimum Gasteiger partial charge on any atom is -0.456 e. The Morgan fingerprint density at radius 1 is 0.412 bits per heavy atom. The average Bonchev–Trinajstić information content (AvgIpc) is 4.20. The number of hydrogen-bond acceptors (Lipinski definition) is 2. The summed E-state index contributed by atoms with van der Waals surface area (Å²) >= 11 is 0. The molecule has 2 fully saturated rings. The lowest BCUT2D eigenvalue weighted by atomic mass is 9.67. The van der Waals surface area contributed by atoms with Crippen molar-refractivity contribution < 1.29 is 4.42 Å². The van der Waals surface area contributed by atoms with Crippen LogP contribution in [0.1, 0.15) is 59.4 Å². The molecule has 2 nitrogen and oxygen atoms in total. The second-order valence-electron chi connectivity index (χ2n) is 19.5. The predicted molar refractivity (Wildman–Crippen MR) is 282 cm³/mol. The van der Waals surface area contributed by atoms with Crippen LogP contribution in [0, 0.1) is 11.8 Å². The third-order valence-corrected chi connectivity index (χ3v) is 16.0. The highest BCUT2D eigenvalue weighted by Gasteiger charge is 2.47. The first kappa shape index (κ1) is 39.2. The smallest absolute Gasteiger partial charge is 0.137 e. The molecule has 3 atom stereocenters. The van der Waals surface area contributed by atoms with Crippen LogP contribution in [0.5, 0.6) is 0 Å². The van der Waals surface area contributed by atoms with Gasteiger partial charge in [-0.05, 0) is 151 Å². The Bertz CT molecular complexity index is 3660. The van der Waals surface area contributed by atoms with Crippen LogP contribution in [0.15, 0.2) is 235 Å². The molecule has 0 N–H and O–H groups in total. The molecule has 0 spiro atoms. The van der Waals surface area contributed by atoms with Crippen molar-refractivity contribution in [1.29, 1.82) is 0 Å². The van der Waals surface area contributed by atoms with Gasteiger partial charge in [-0.3, -0.25) is 0 Å². The summed E-state index contributed by atoms with van der Waals surface area (Å²) in [6.07, 6.45) is 5.50. The number of rotatable bonds is 8. The molecular formula is C66H49NO. The summed E-state index contributed by atoms with van der Waals surface area (Å²) in [4.78, 5) is 2.43. The first-order valence-electron chi connectivity index (χ1n) is 24.5. The van der Waals surface area contributed by atoms with Crippen LogP contribution in [0.2, 0.25) is 0 Å². The van der Waals surface area contributed by atoms with Crippen molar-refractivity contribution >= 4 is 49.8 Å². The van der Waals surface area contributed by atoms with E-state index in [1.165, 1.54) is 97.7 Å². The topological polar surface area (TPSA) is 16.4 Å². The van der Waals surface area contributed by atoms with Gasteiger partial charge in [-0.25, -0.2) is 0 Å². The summed E-state index contributed by atoms with van der Waals surface area (Å²) in [5, 5.41) is 4.75. The Morgan fingerprint density at radius 2 is 1.04 bits per heavy atom. The molecule has 0 saturated heterocycles. The summed E-state index contributed by atoms with van der Waals surface area (Å²) in [6, 6.07) is 85.7. The highest BCUT2D eigenvalue weighted by atomic mass is 16.3. The van der Waals surface area contributed by atoms with E-state index >= 15 is 0 Å². The van der Waals surface area contributed by atoms with Gasteiger partial charge in [0.25, 0.3) is 0 Å². The first-order valence-corrected chi connectivity index (χ1v) is 24.5. The molecule has 0 aliphatic heterocycles. The van der Waals surface area contributed by atoms with E-state index in [0.717, 1.165) is 50.8 Å². The number of furan rings is 1. The van der Waals surface area contributed by atoms with Crippen LogP contribution in [0.4, 0.5) is 17.1 Å². The Kier molecular flexibility index (Phi) is 8.99. The van der Waals surface area contributed by atoms with Gasteiger partial charge in [0.05, 0.1) is 5.41 Å². The van der Waals surface area contributed by atoms with E-state index in [1.54, 1.807) is 0 Å². The standard InChI is InChI=1S/C66H49NO/c1-4-14-44(15-5-1)54-23-12-16-46-17-13-24-55(65(46)54)45-28-31-51(32-29-45)67(53-34-36-58-57-22-10-11-25-63(57)68-64(58)42-53)52-33-35-56-60-40-48(59-39-43-26-27-47(59)38-43)30-37-61(60)66(62(56)41-52,49-18-6-2-7-19-49)50-20-8-3-9-21-50/h1-25,28-37,40-43,47,59H,26-27,38-39H2. The molecule has 1 heterocycles. The van der Waals surface area contributed by atoms with E-state index in [4.69, 9.17) is 4.42 Å². The molecule has 2 heteroatoms. The van der Waals surface area contributed by atoms with Crippen LogP contribution in [-0.4, -0.2) is 0 Å². The lowest BCUT2D eigenvalue weighted by Crippen LogP contribution is -2.28. The lowest BCUT2D eigenvalue weighted by molar-refractivity contribution is 0.420. The molecule has 324 valence electrons. The quantitative estimate of drug-likeness (QED) is 0.151. The third-order valence-electron chi connectivity index (χ3n) is 16.0. The number of nitrogens with zero attached hydrogens (tertiary/aromatic N) is 1. The zero-order valence-corrected chi connectivity index (χ0v) is 37.9. The highest BCUT2D eigenvalue weighted by molar-refractivity contribution is 6.08. The Hall–Kier alpha value is -7.94. The third kappa shape index (κ3) is 6.03. The molecule has 14 rings (SSSR count). The predicted octanol–water partition coefficient (Wildman–Crippen LogP) is 17.8. The Labute approximate surface area is 397 Å². The summed E-state index contributed by atoms with van der Waals surface area (Å²) in [5.41, 5.74) is 18.7. The van der Waals surface area contributed by atoms with Crippen molar-refractivity contribution in [2.75, 3.05) is 4.90 Å². The molecule has 2 saturated carbocycles. The van der Waals surface area contributed by atoms with Crippen LogP contribution in [0.3, 0.4) is 0 Å². The zero-order valence-electron chi connectivity index (χ0n) is 37.9. The molecule has 10 aromatic carbocycles. The molecule has 3 unspecified atom stereocenters. The van der Waals surface area contributed by atoms with Crippen LogP contribution < -0.4 is 4.90 Å². The number of anilines is 3. The van der Waals surface area contributed by atoms with Crippen LogP contribution in [-0.2, 0) is 5.41 Å². The molecular weight excluding hydrogens is 823 g/mol. The monoisotopic (exact) mass is 871 g/mol. The van der Waals surface area contributed by atoms with Crippen molar-refractivity contribution in [2.45, 2.75) is 37.0 Å². The summed E-state index contributed by atoms with van der Waals surface area (Å²) in [6.45, 7) is 0. The highest BCUT2D eigenvalue weighted by Crippen LogP contribution is 2.59. The van der Waals surface area contributed by atoms with Crippen molar-refractivity contribution in [2.24, 2.45) is 11.8 Å². The van der Waals surface area contributed by atoms with Crippen molar-refractivity contribution in [3.63, 3.8) is 0 Å². The van der Waals surface area contributed by atoms with Gasteiger partial charge in [-0.15, -0.1) is 0 Å². The minimum absolute atomic E-state index is 0.528. The molecule has 11 aromatic rings. The number of para-hydroxylation sites is 1. The van der Waals surface area contributed by atoms with Crippen molar-refractivity contribution in [1.82, 2.24) is 0 Å². The maximum atomic E-state index is 6.59. The number of benzene rings is 10. The van der Waals surface area contributed by atoms with Gasteiger partial charge in [0, 0.05) is 33.9 Å². The number of hydrogen-bond donors (Lipinski definition) is 0. The maximum Gasteiger partial charge on any atom is 0.137 e. The maximum absolute atomic E-state index is 6.59. The fourth-order valence-corrected chi connectivity index (χ4v) is 13.1. The summed E-state index contributed by atoms with van der Waals surface area (Å²) in [7, 11) is 0. The molecule has 1 aromatic heterocycles. The molecule has 0 radical (unpaired) electrons. The molecule has 3 aliphatic rings. The van der Waals surface area contributed by atoms with Gasteiger partial charge in [0.1, 0.15) is 11.2 Å². The number of fused-ring (bicyclic) bond motifs is 9. The molecule has 0 amide bonds. The largest absolute Gasteiger partial charge is 0.456 e. The fraction of sp³-hybridized carbons (Fsp3) is 0.121. The van der Waals surface area contributed by atoms with Crippen LogP contribution >= 0.6 is 0 Å². The Morgan fingerprint density at radius 3 is 1.75 bits per heavy atom. The molecule has 2 bridgehead atoms. The summed E-state index contributed by atoms with van der Waals surface area (Å²) in [5.74, 6) is 2.35. The Balaban J connectivity index is 0.974. The SMILES string of the molecule is c1ccc(-c2cccc3cccc(-c4ccc(N(c5ccc6c(c5)C(c5ccccc5)(c5ccccc5)c5ccc(C7CC8CCC7C8)cc5-6)c5ccc6c(c5)oc5ccccc56)cc4)c23)cc1. The van der Waals surface area contributed by atoms with E-state index < -0.39 is 5.41 Å². The van der Waals surface area contributed by atoms with Gasteiger partial charge in [-0.1, -0.05) is 188 Å². The summed E-state index contributed by atoms with van der Waals surface area (Å²) < 4.78 is 6.59. The second-order valence-corrected chi connectivity index (χ2v) is 19.5. The second kappa shape index (κ2) is 15.6. The van der Waals surface area contributed by atoms with Gasteiger partial charge >= 0.3 is 0 Å². The van der Waals surface area contributed by atoms with Gasteiger partial charge in [0.15, 0.2) is 0 Å². The van der Waals surface area contributed by atoms with E-state index in [9.17, 15) is 0 Å². The van der Waals surface area contributed by atoms with Gasteiger partial charge < -0.3 is 9.32 Å². The molecule has 68 heavy (non-hydrogen) atoms. The fourth-order valence-electron chi connectivity index (χ4n) is 13.1. The van der Waals surface area contributed by atoms with Gasteiger partial charge in [-0.2, -0.15) is 0 Å². The van der Waals surface area contributed by atoms with Gasteiger partial charge in [0.2, 0.25) is 0 Å². The molecule has 3 aliphatic carbocycles. The van der Waals surface area contributed by atoms with Crippen molar-refractivity contribution in [3.8, 4) is 33.4 Å². The van der Waals surface area contributed by atoms with E-state index in [1.807, 2.05) is 6.07 Å². The van der Waals surface area contributed by atoms with E-state index in [2.05, 4.69) is 229 Å². The van der Waals surface area contributed by atoms with E-state index in [-0.39, 0.29) is 0 Å². The van der Waals surface area contributed by atoms with E-state index in [0.29, 0.717) is 5.92 Å². The normalized spacial score (nSPS) is 17.7. The average molecular weight is 872 g/mol. The first-order chi connectivity index (χ1) is 33.7.